The Bertz CT molecular complexity index is 176. The Labute approximate surface area is 136 Å². The molecule has 20 heavy (non-hydrogen) atoms. The SMILES string of the molecule is CCCCCCCCCCCN(C)CCSSCCC. The second-order valence-corrected chi connectivity index (χ2v) is 8.48. The fraction of sp³-hybridized carbons (Fsp3) is 1.00. The summed E-state index contributed by atoms with van der Waals surface area (Å²) in [7, 11) is 6.34. The third kappa shape index (κ3) is 16.7. The zero-order chi connectivity index (χ0) is 14.9. The Balaban J connectivity index is 3.09. The van der Waals surface area contributed by atoms with Crippen molar-refractivity contribution in [3.8, 4) is 0 Å². The van der Waals surface area contributed by atoms with Crippen molar-refractivity contribution in [1.29, 1.82) is 0 Å². The number of rotatable bonds is 16. The van der Waals surface area contributed by atoms with Gasteiger partial charge >= 0.3 is 0 Å². The predicted octanol–water partition coefficient (Wildman–Crippen LogP) is 6.24. The van der Waals surface area contributed by atoms with Crippen LogP contribution in [-0.2, 0) is 0 Å². The van der Waals surface area contributed by atoms with Crippen molar-refractivity contribution in [2.75, 3.05) is 31.6 Å². The third-order valence-electron chi connectivity index (χ3n) is 3.57. The lowest BCUT2D eigenvalue weighted by atomic mass is 10.1. The van der Waals surface area contributed by atoms with Gasteiger partial charge in [-0.1, -0.05) is 86.8 Å². The summed E-state index contributed by atoms with van der Waals surface area (Å²) in [5, 5.41) is 0. The Morgan fingerprint density at radius 3 is 1.75 bits per heavy atom. The van der Waals surface area contributed by atoms with Gasteiger partial charge in [-0.25, -0.2) is 0 Å². The molecule has 0 saturated heterocycles. The minimum Gasteiger partial charge on any atom is -0.306 e. The van der Waals surface area contributed by atoms with E-state index in [9.17, 15) is 0 Å². The van der Waals surface area contributed by atoms with Gasteiger partial charge in [-0.15, -0.1) is 0 Å². The van der Waals surface area contributed by atoms with Crippen LogP contribution in [0.25, 0.3) is 0 Å². The fourth-order valence-corrected chi connectivity index (χ4v) is 4.42. The molecule has 1 nitrogen and oxygen atoms in total. The van der Waals surface area contributed by atoms with E-state index in [1.54, 1.807) is 0 Å². The van der Waals surface area contributed by atoms with E-state index in [1.165, 1.54) is 88.8 Å². The van der Waals surface area contributed by atoms with E-state index in [1.807, 2.05) is 21.6 Å². The van der Waals surface area contributed by atoms with Gasteiger partial charge in [0.2, 0.25) is 0 Å². The maximum absolute atomic E-state index is 2.50. The van der Waals surface area contributed by atoms with Crippen LogP contribution < -0.4 is 0 Å². The Hall–Kier alpha value is 0.660. The van der Waals surface area contributed by atoms with Gasteiger partial charge in [-0.05, 0) is 26.4 Å². The van der Waals surface area contributed by atoms with Crippen molar-refractivity contribution in [1.82, 2.24) is 4.90 Å². The highest BCUT2D eigenvalue weighted by atomic mass is 33.1. The highest BCUT2D eigenvalue weighted by molar-refractivity contribution is 8.76. The molecule has 0 spiro atoms. The molecule has 0 aromatic carbocycles. The molecule has 3 heteroatoms. The normalized spacial score (nSPS) is 11.4. The average molecular weight is 320 g/mol. The number of hydrogen-bond acceptors (Lipinski definition) is 3. The van der Waals surface area contributed by atoms with Crippen LogP contribution in [0.2, 0.25) is 0 Å². The first-order valence-corrected chi connectivity index (χ1v) is 11.2. The zero-order valence-electron chi connectivity index (χ0n) is 14.2. The molecule has 0 fully saturated rings. The standard InChI is InChI=1S/C17H37NS2/c1-4-6-7-8-9-10-11-12-13-14-18(3)15-17-20-19-16-5-2/h4-17H2,1-3H3. The molecule has 0 aliphatic carbocycles. The monoisotopic (exact) mass is 319 g/mol. The molecule has 0 unspecified atom stereocenters. The summed E-state index contributed by atoms with van der Waals surface area (Å²) < 4.78 is 0. The van der Waals surface area contributed by atoms with Gasteiger partial charge in [-0.2, -0.15) is 0 Å². The summed E-state index contributed by atoms with van der Waals surface area (Å²) in [5.74, 6) is 2.57. The molecule has 0 aliphatic rings. The third-order valence-corrected chi connectivity index (χ3v) is 6.16. The molecular formula is C17H37NS2. The highest BCUT2D eigenvalue weighted by Crippen LogP contribution is 2.21. The molecule has 0 saturated carbocycles. The lowest BCUT2D eigenvalue weighted by Crippen LogP contribution is -2.22. The molecule has 0 rings (SSSR count). The van der Waals surface area contributed by atoms with Gasteiger partial charge in [0.15, 0.2) is 0 Å². The van der Waals surface area contributed by atoms with E-state index in [0.717, 1.165) is 0 Å². The van der Waals surface area contributed by atoms with Gasteiger partial charge < -0.3 is 4.90 Å². The largest absolute Gasteiger partial charge is 0.306 e. The van der Waals surface area contributed by atoms with Crippen LogP contribution in [0.15, 0.2) is 0 Å². The van der Waals surface area contributed by atoms with Crippen molar-refractivity contribution in [3.05, 3.63) is 0 Å². The van der Waals surface area contributed by atoms with Gasteiger partial charge in [0.05, 0.1) is 0 Å². The topological polar surface area (TPSA) is 3.24 Å². The summed E-state index contributed by atoms with van der Waals surface area (Å²) in [6.45, 7) is 7.08. The molecule has 0 aromatic heterocycles. The summed E-state index contributed by atoms with van der Waals surface area (Å²) in [6.07, 6.45) is 14.2. The summed E-state index contributed by atoms with van der Waals surface area (Å²) in [4.78, 5) is 2.50. The van der Waals surface area contributed by atoms with Crippen LogP contribution in [0.1, 0.15) is 78.1 Å². The van der Waals surface area contributed by atoms with E-state index in [0.29, 0.717) is 0 Å². The van der Waals surface area contributed by atoms with E-state index in [4.69, 9.17) is 0 Å². The van der Waals surface area contributed by atoms with Crippen LogP contribution in [0.4, 0.5) is 0 Å². The van der Waals surface area contributed by atoms with E-state index >= 15 is 0 Å². The average Bonchev–Trinajstić information content (AvgIpc) is 2.45. The first-order valence-electron chi connectivity index (χ1n) is 8.74. The zero-order valence-corrected chi connectivity index (χ0v) is 15.8. The molecule has 0 N–H and O–H groups in total. The summed E-state index contributed by atoms with van der Waals surface area (Å²) >= 11 is 0. The van der Waals surface area contributed by atoms with E-state index < -0.39 is 0 Å². The molecule has 0 amide bonds. The van der Waals surface area contributed by atoms with Crippen LogP contribution in [0.3, 0.4) is 0 Å². The summed E-state index contributed by atoms with van der Waals surface area (Å²) in [6, 6.07) is 0. The Kier molecular flexibility index (Phi) is 18.3. The van der Waals surface area contributed by atoms with E-state index in [-0.39, 0.29) is 0 Å². The minimum atomic E-state index is 1.25. The number of nitrogens with zero attached hydrogens (tertiary/aromatic N) is 1. The smallest absolute Gasteiger partial charge is 0.0165 e. The van der Waals surface area contributed by atoms with Gasteiger partial charge in [-0.3, -0.25) is 0 Å². The number of unbranched alkanes of at least 4 members (excludes halogenated alkanes) is 8. The number of hydrogen-bond donors (Lipinski definition) is 0. The first-order chi connectivity index (χ1) is 9.81. The minimum absolute atomic E-state index is 1.25. The molecule has 0 atom stereocenters. The van der Waals surface area contributed by atoms with E-state index in [2.05, 4.69) is 25.8 Å². The van der Waals surface area contributed by atoms with Crippen molar-refractivity contribution in [2.24, 2.45) is 0 Å². The van der Waals surface area contributed by atoms with Crippen LogP contribution in [-0.4, -0.2) is 36.5 Å². The molecule has 0 heterocycles. The molecule has 0 radical (unpaired) electrons. The maximum atomic E-state index is 2.50. The van der Waals surface area contributed by atoms with Crippen LogP contribution in [0.5, 0.6) is 0 Å². The molecule has 0 aromatic rings. The van der Waals surface area contributed by atoms with Crippen LogP contribution in [0, 0.1) is 0 Å². The Morgan fingerprint density at radius 1 is 0.600 bits per heavy atom. The highest BCUT2D eigenvalue weighted by Gasteiger charge is 1.99. The van der Waals surface area contributed by atoms with Crippen molar-refractivity contribution >= 4 is 21.6 Å². The van der Waals surface area contributed by atoms with Crippen molar-refractivity contribution in [3.63, 3.8) is 0 Å². The summed E-state index contributed by atoms with van der Waals surface area (Å²) in [5.41, 5.74) is 0. The van der Waals surface area contributed by atoms with Gasteiger partial charge in [0.1, 0.15) is 0 Å². The quantitative estimate of drug-likeness (QED) is 0.245. The molecular weight excluding hydrogens is 282 g/mol. The van der Waals surface area contributed by atoms with Crippen LogP contribution >= 0.6 is 21.6 Å². The molecule has 0 bridgehead atoms. The molecule has 0 aliphatic heterocycles. The lowest BCUT2D eigenvalue weighted by Gasteiger charge is -2.15. The predicted molar refractivity (Wildman–Crippen MR) is 99.9 cm³/mol. The van der Waals surface area contributed by atoms with Gasteiger partial charge in [0, 0.05) is 18.1 Å². The second-order valence-electron chi connectivity index (χ2n) is 5.78. The first kappa shape index (κ1) is 20.7. The van der Waals surface area contributed by atoms with Crippen molar-refractivity contribution in [2.45, 2.75) is 78.1 Å². The molecule has 122 valence electrons. The second kappa shape index (κ2) is 17.7. The Morgan fingerprint density at radius 2 is 1.15 bits per heavy atom. The van der Waals surface area contributed by atoms with Crippen molar-refractivity contribution < 1.29 is 0 Å². The maximum Gasteiger partial charge on any atom is 0.0165 e. The van der Waals surface area contributed by atoms with Gasteiger partial charge in [0.25, 0.3) is 0 Å². The fourth-order valence-electron chi connectivity index (χ4n) is 2.20. The lowest BCUT2D eigenvalue weighted by molar-refractivity contribution is 0.343.